The van der Waals surface area contributed by atoms with Crippen molar-refractivity contribution < 1.29 is 13.2 Å². The largest absolute Gasteiger partial charge is 0.356 e. The minimum absolute atomic E-state index is 0.0378. The Bertz CT molecular complexity index is 1490. The third kappa shape index (κ3) is 4.76. The van der Waals surface area contributed by atoms with Gasteiger partial charge in [-0.25, -0.2) is 23.4 Å². The van der Waals surface area contributed by atoms with Crippen molar-refractivity contribution >= 4 is 59.8 Å². The zero-order chi connectivity index (χ0) is 23.9. The zero-order valence-electron chi connectivity index (χ0n) is 19.0. The van der Waals surface area contributed by atoms with Crippen LogP contribution in [0.3, 0.4) is 0 Å². The van der Waals surface area contributed by atoms with Crippen LogP contribution < -0.4 is 10.6 Å². The van der Waals surface area contributed by atoms with Crippen molar-refractivity contribution in [3.63, 3.8) is 0 Å². The summed E-state index contributed by atoms with van der Waals surface area (Å²) in [5.41, 5.74) is 4.74. The Hall–Kier alpha value is -3.05. The second-order valence-electron chi connectivity index (χ2n) is 8.78. The summed E-state index contributed by atoms with van der Waals surface area (Å²) in [5.74, 6) is 0.558. The molecule has 1 aliphatic rings. The molecule has 0 fully saturated rings. The molecule has 1 aromatic carbocycles. The fourth-order valence-corrected chi connectivity index (χ4v) is 5.98. The minimum Gasteiger partial charge on any atom is -0.356 e. The molecule has 9 nitrogen and oxygen atoms in total. The summed E-state index contributed by atoms with van der Waals surface area (Å²) in [6.45, 7) is 2.35. The van der Waals surface area contributed by atoms with Crippen LogP contribution in [0.25, 0.3) is 21.3 Å². The maximum Gasteiger partial charge on any atom is 0.223 e. The predicted molar refractivity (Wildman–Crippen MR) is 134 cm³/mol. The molecule has 1 amide bonds. The number of aromatic amines is 1. The average Bonchev–Trinajstić information content (AvgIpc) is 3.34. The highest BCUT2D eigenvalue weighted by atomic mass is 32.2. The lowest BCUT2D eigenvalue weighted by molar-refractivity contribution is -0.125. The number of nitrogens with one attached hydrogen (secondary N) is 3. The highest BCUT2D eigenvalue weighted by Gasteiger charge is 2.29. The lowest BCUT2D eigenvalue weighted by Crippen LogP contribution is -2.35. The molecular formula is C23H26N6O3S2. The van der Waals surface area contributed by atoms with Gasteiger partial charge in [-0.05, 0) is 56.4 Å². The van der Waals surface area contributed by atoms with E-state index in [2.05, 4.69) is 36.6 Å². The van der Waals surface area contributed by atoms with Crippen LogP contribution in [0.15, 0.2) is 24.5 Å². The van der Waals surface area contributed by atoms with Gasteiger partial charge < -0.3 is 15.6 Å². The number of benzene rings is 1. The van der Waals surface area contributed by atoms with Crippen molar-refractivity contribution in [2.75, 3.05) is 23.9 Å². The molecule has 1 aliphatic carbocycles. The van der Waals surface area contributed by atoms with Gasteiger partial charge in [0.05, 0.1) is 26.4 Å². The second kappa shape index (κ2) is 8.95. The predicted octanol–water partition coefficient (Wildman–Crippen LogP) is 3.28. The zero-order valence-corrected chi connectivity index (χ0v) is 20.6. The van der Waals surface area contributed by atoms with E-state index in [1.807, 2.05) is 19.1 Å². The maximum atomic E-state index is 12.8. The van der Waals surface area contributed by atoms with Crippen LogP contribution in [0.2, 0.25) is 0 Å². The fourth-order valence-electron chi connectivity index (χ4n) is 4.51. The van der Waals surface area contributed by atoms with Crippen molar-refractivity contribution in [2.45, 2.75) is 32.6 Å². The van der Waals surface area contributed by atoms with Crippen LogP contribution >= 0.6 is 11.3 Å². The van der Waals surface area contributed by atoms with Crippen LogP contribution in [0.5, 0.6) is 0 Å². The summed E-state index contributed by atoms with van der Waals surface area (Å²) in [4.78, 5) is 29.7. The van der Waals surface area contributed by atoms with E-state index in [4.69, 9.17) is 0 Å². The number of aryl methyl sites for hydroxylation is 2. The second-order valence-corrected chi connectivity index (χ2v) is 12.3. The summed E-state index contributed by atoms with van der Waals surface area (Å²) in [5, 5.41) is 8.25. The van der Waals surface area contributed by atoms with Gasteiger partial charge in [0.2, 0.25) is 5.91 Å². The molecule has 0 saturated heterocycles. The van der Waals surface area contributed by atoms with E-state index in [9.17, 15) is 13.2 Å². The van der Waals surface area contributed by atoms with Gasteiger partial charge in [0.25, 0.3) is 0 Å². The smallest absolute Gasteiger partial charge is 0.223 e. The number of carbonyl (C=O) groups is 1. The van der Waals surface area contributed by atoms with Crippen LogP contribution in [-0.2, 0) is 27.5 Å². The first kappa shape index (κ1) is 22.7. The third-order valence-corrected chi connectivity index (χ3v) is 8.08. The Morgan fingerprint density at radius 1 is 1.29 bits per heavy atom. The van der Waals surface area contributed by atoms with Gasteiger partial charge in [-0.3, -0.25) is 4.79 Å². The molecule has 0 radical (unpaired) electrons. The quantitative estimate of drug-likeness (QED) is 0.333. The summed E-state index contributed by atoms with van der Waals surface area (Å²) >= 11 is 1.66. The topological polar surface area (TPSA) is 130 Å². The molecule has 3 heterocycles. The van der Waals surface area contributed by atoms with Gasteiger partial charge in [0, 0.05) is 30.1 Å². The molecule has 0 aliphatic heterocycles. The van der Waals surface area contributed by atoms with Crippen molar-refractivity contribution in [1.29, 1.82) is 0 Å². The minimum atomic E-state index is -3.03. The van der Waals surface area contributed by atoms with Gasteiger partial charge in [-0.15, -0.1) is 11.3 Å². The van der Waals surface area contributed by atoms with Crippen molar-refractivity contribution in [2.24, 2.45) is 5.92 Å². The van der Waals surface area contributed by atoms with Gasteiger partial charge in [0.1, 0.15) is 27.6 Å². The number of rotatable bonds is 7. The molecule has 11 heteroatoms. The Kier molecular flexibility index (Phi) is 5.98. The number of carbonyl (C=O) groups excluding carboxylic acids is 1. The highest BCUT2D eigenvalue weighted by Crippen LogP contribution is 2.35. The van der Waals surface area contributed by atoms with Gasteiger partial charge in [-0.2, -0.15) is 0 Å². The first-order valence-electron chi connectivity index (χ1n) is 11.2. The fraction of sp³-hybridized carbons (Fsp3) is 0.391. The number of anilines is 2. The highest BCUT2D eigenvalue weighted by molar-refractivity contribution is 7.90. The first-order chi connectivity index (χ1) is 16.3. The van der Waals surface area contributed by atoms with E-state index in [0.717, 1.165) is 56.0 Å². The van der Waals surface area contributed by atoms with E-state index < -0.39 is 9.84 Å². The lowest BCUT2D eigenvalue weighted by Gasteiger charge is -2.22. The first-order valence-corrected chi connectivity index (χ1v) is 14.1. The number of hydrogen-bond donors (Lipinski definition) is 3. The molecular weight excluding hydrogens is 472 g/mol. The Balaban J connectivity index is 1.36. The number of fused-ring (bicyclic) bond motifs is 4. The number of aromatic nitrogens is 4. The van der Waals surface area contributed by atoms with E-state index in [0.29, 0.717) is 25.2 Å². The molecule has 1 atom stereocenters. The molecule has 0 saturated carbocycles. The molecule has 178 valence electrons. The van der Waals surface area contributed by atoms with E-state index in [1.165, 1.54) is 12.6 Å². The molecule has 4 aromatic rings. The van der Waals surface area contributed by atoms with Gasteiger partial charge >= 0.3 is 0 Å². The summed E-state index contributed by atoms with van der Waals surface area (Å²) < 4.78 is 23.7. The molecule has 34 heavy (non-hydrogen) atoms. The van der Waals surface area contributed by atoms with Crippen LogP contribution in [0.1, 0.15) is 29.1 Å². The number of thiazole rings is 1. The van der Waals surface area contributed by atoms with Gasteiger partial charge in [0.15, 0.2) is 0 Å². The normalized spacial score (nSPS) is 16.0. The average molecular weight is 499 g/mol. The lowest BCUT2D eigenvalue weighted by atomic mass is 9.86. The monoisotopic (exact) mass is 498 g/mol. The van der Waals surface area contributed by atoms with Crippen LogP contribution in [0.4, 0.5) is 11.5 Å². The van der Waals surface area contributed by atoms with Crippen molar-refractivity contribution in [1.82, 2.24) is 25.3 Å². The van der Waals surface area contributed by atoms with Gasteiger partial charge in [-0.1, -0.05) is 0 Å². The standard InChI is InChI=1S/C23H26N6O3S2/c1-13-27-18-11-15(5-7-19(18)33-13)28-21-20-16-10-14(23(30)24-8-3-9-34(2,31)32)4-6-17(16)29-22(20)26-12-25-21/h5,7,11-12,14H,3-4,6,8-10H2,1-2H3,(H,24,30)(H2,25,26,28,29)/t14-/m0/s1. The molecule has 3 N–H and O–H groups in total. The Morgan fingerprint density at radius 2 is 2.15 bits per heavy atom. The van der Waals surface area contributed by atoms with Crippen molar-refractivity contribution in [3.8, 4) is 0 Å². The number of amides is 1. The van der Waals surface area contributed by atoms with E-state index in [-0.39, 0.29) is 17.6 Å². The summed E-state index contributed by atoms with van der Waals surface area (Å²) in [7, 11) is -3.03. The van der Waals surface area contributed by atoms with Crippen LogP contribution in [-0.4, -0.2) is 52.8 Å². The van der Waals surface area contributed by atoms with Crippen molar-refractivity contribution in [3.05, 3.63) is 40.8 Å². The molecule has 5 rings (SSSR count). The maximum absolute atomic E-state index is 12.8. The Labute approximate surface area is 201 Å². The summed E-state index contributed by atoms with van der Waals surface area (Å²) in [6.07, 6.45) is 5.21. The SMILES string of the molecule is Cc1nc2cc(Nc3ncnc4[nH]c5c(c34)C[C@@H](C(=O)NCCCS(C)(=O)=O)CC5)ccc2s1. The number of nitrogens with zero attached hydrogens (tertiary/aromatic N) is 3. The van der Waals surface area contributed by atoms with Crippen LogP contribution in [0, 0.1) is 12.8 Å². The van der Waals surface area contributed by atoms with E-state index >= 15 is 0 Å². The summed E-state index contributed by atoms with van der Waals surface area (Å²) in [6, 6.07) is 6.08. The Morgan fingerprint density at radius 3 is 2.97 bits per heavy atom. The number of hydrogen-bond acceptors (Lipinski definition) is 8. The molecule has 0 unspecified atom stereocenters. The molecule has 0 bridgehead atoms. The van der Waals surface area contributed by atoms with E-state index in [1.54, 1.807) is 11.3 Å². The third-order valence-electron chi connectivity index (χ3n) is 6.10. The molecule has 3 aromatic heterocycles. The number of H-pyrrole nitrogens is 1. The number of sulfone groups is 1. The molecule has 0 spiro atoms.